The number of benzene rings is 2. The minimum Gasteiger partial charge on any atom is -0.489 e. The van der Waals surface area contributed by atoms with Crippen molar-refractivity contribution in [3.63, 3.8) is 0 Å². The predicted molar refractivity (Wildman–Crippen MR) is 119 cm³/mol. The zero-order chi connectivity index (χ0) is 20.8. The lowest BCUT2D eigenvalue weighted by atomic mass is 10.2. The van der Waals surface area contributed by atoms with Gasteiger partial charge in [-0.15, -0.1) is 11.3 Å². The summed E-state index contributed by atoms with van der Waals surface area (Å²) in [6.45, 7) is 0.837. The Bertz CT molecular complexity index is 1130. The molecule has 0 unspecified atom stereocenters. The summed E-state index contributed by atoms with van der Waals surface area (Å²) < 4.78 is 5.81. The Morgan fingerprint density at radius 3 is 2.57 bits per heavy atom. The van der Waals surface area contributed by atoms with E-state index in [9.17, 15) is 4.79 Å². The third kappa shape index (κ3) is 5.03. The van der Waals surface area contributed by atoms with E-state index >= 15 is 0 Å². The quantitative estimate of drug-likeness (QED) is 0.424. The van der Waals surface area contributed by atoms with Crippen LogP contribution in [0.3, 0.4) is 0 Å². The minimum atomic E-state index is -0.200. The molecule has 0 aliphatic carbocycles. The first-order chi connectivity index (χ1) is 14.7. The molecule has 0 bridgehead atoms. The van der Waals surface area contributed by atoms with Crippen LogP contribution < -0.4 is 10.1 Å². The Labute approximate surface area is 183 Å². The molecule has 1 N–H and O–H groups in total. The van der Waals surface area contributed by atoms with Crippen LogP contribution in [0.2, 0.25) is 5.02 Å². The van der Waals surface area contributed by atoms with Gasteiger partial charge in [0, 0.05) is 40.5 Å². The van der Waals surface area contributed by atoms with Gasteiger partial charge in [0.25, 0.3) is 5.91 Å². The summed E-state index contributed by atoms with van der Waals surface area (Å²) >= 11 is 7.59. The van der Waals surface area contributed by atoms with Crippen molar-refractivity contribution in [1.29, 1.82) is 0 Å². The molecule has 0 aliphatic rings. The number of pyridine rings is 1. The topological polar surface area (TPSA) is 64.1 Å². The molecule has 150 valence electrons. The van der Waals surface area contributed by atoms with Crippen LogP contribution in [-0.4, -0.2) is 15.9 Å². The van der Waals surface area contributed by atoms with Crippen molar-refractivity contribution in [2.24, 2.45) is 0 Å². The smallest absolute Gasteiger partial charge is 0.271 e. The first kappa shape index (κ1) is 20.1. The number of thiazole rings is 1. The van der Waals surface area contributed by atoms with Gasteiger partial charge >= 0.3 is 0 Å². The van der Waals surface area contributed by atoms with Crippen molar-refractivity contribution in [1.82, 2.24) is 15.3 Å². The second-order valence-electron chi connectivity index (χ2n) is 6.48. The van der Waals surface area contributed by atoms with Gasteiger partial charge in [0.05, 0.1) is 0 Å². The summed E-state index contributed by atoms with van der Waals surface area (Å²) in [6, 6.07) is 19.0. The third-order valence-electron chi connectivity index (χ3n) is 4.39. The highest BCUT2D eigenvalue weighted by atomic mass is 35.5. The zero-order valence-corrected chi connectivity index (χ0v) is 17.5. The van der Waals surface area contributed by atoms with E-state index in [1.807, 2.05) is 60.7 Å². The lowest BCUT2D eigenvalue weighted by Crippen LogP contribution is -2.23. The zero-order valence-electron chi connectivity index (χ0n) is 15.9. The van der Waals surface area contributed by atoms with Crippen molar-refractivity contribution >= 4 is 28.8 Å². The molecule has 4 rings (SSSR count). The summed E-state index contributed by atoms with van der Waals surface area (Å²) in [5.74, 6) is 0.541. The second kappa shape index (κ2) is 9.52. The number of rotatable bonds is 7. The van der Waals surface area contributed by atoms with Gasteiger partial charge < -0.3 is 10.1 Å². The monoisotopic (exact) mass is 435 g/mol. The van der Waals surface area contributed by atoms with E-state index in [0.717, 1.165) is 27.4 Å². The summed E-state index contributed by atoms with van der Waals surface area (Å²) in [7, 11) is 0. The van der Waals surface area contributed by atoms with Crippen molar-refractivity contribution in [3.8, 4) is 16.3 Å². The highest BCUT2D eigenvalue weighted by molar-refractivity contribution is 7.13. The van der Waals surface area contributed by atoms with Gasteiger partial charge in [-0.1, -0.05) is 29.8 Å². The number of halogens is 1. The lowest BCUT2D eigenvalue weighted by molar-refractivity contribution is 0.0946. The van der Waals surface area contributed by atoms with E-state index in [1.165, 1.54) is 11.3 Å². The number of carbonyl (C=O) groups excluding carboxylic acids is 1. The number of hydrogen-bond donors (Lipinski definition) is 1. The van der Waals surface area contributed by atoms with E-state index in [2.05, 4.69) is 15.3 Å². The van der Waals surface area contributed by atoms with E-state index in [4.69, 9.17) is 16.3 Å². The first-order valence-electron chi connectivity index (χ1n) is 9.28. The maximum Gasteiger partial charge on any atom is 0.271 e. The Hall–Kier alpha value is -3.22. The highest BCUT2D eigenvalue weighted by Gasteiger charge is 2.12. The summed E-state index contributed by atoms with van der Waals surface area (Å²) in [4.78, 5) is 20.8. The summed E-state index contributed by atoms with van der Waals surface area (Å²) in [5.41, 5.74) is 3.26. The molecule has 0 radical (unpaired) electrons. The van der Waals surface area contributed by atoms with Gasteiger partial charge in [0.1, 0.15) is 23.1 Å². The molecule has 0 saturated heterocycles. The summed E-state index contributed by atoms with van der Waals surface area (Å²) in [6.07, 6.45) is 3.40. The third-order valence-corrected chi connectivity index (χ3v) is 5.65. The van der Waals surface area contributed by atoms with E-state index < -0.39 is 0 Å². The normalized spacial score (nSPS) is 10.6. The van der Waals surface area contributed by atoms with Gasteiger partial charge in [-0.05, 0) is 48.0 Å². The van der Waals surface area contributed by atoms with Crippen molar-refractivity contribution in [2.75, 3.05) is 0 Å². The van der Waals surface area contributed by atoms with E-state index in [0.29, 0.717) is 23.9 Å². The molecule has 0 spiro atoms. The average Bonchev–Trinajstić information content (AvgIpc) is 3.28. The molecule has 2 aromatic carbocycles. The maximum absolute atomic E-state index is 12.4. The summed E-state index contributed by atoms with van der Waals surface area (Å²) in [5, 5.41) is 6.10. The van der Waals surface area contributed by atoms with Crippen LogP contribution in [0.1, 0.15) is 21.6 Å². The minimum absolute atomic E-state index is 0.200. The van der Waals surface area contributed by atoms with Crippen LogP contribution in [-0.2, 0) is 13.2 Å². The molecule has 5 nitrogen and oxygen atoms in total. The van der Waals surface area contributed by atoms with Crippen LogP contribution in [0.15, 0.2) is 78.4 Å². The first-order valence-corrected chi connectivity index (χ1v) is 10.5. The van der Waals surface area contributed by atoms with Crippen LogP contribution >= 0.6 is 22.9 Å². The van der Waals surface area contributed by atoms with Gasteiger partial charge in [-0.2, -0.15) is 0 Å². The van der Waals surface area contributed by atoms with Crippen molar-refractivity contribution < 1.29 is 9.53 Å². The molecular weight excluding hydrogens is 418 g/mol. The Morgan fingerprint density at radius 2 is 1.80 bits per heavy atom. The van der Waals surface area contributed by atoms with E-state index in [-0.39, 0.29) is 5.91 Å². The second-order valence-corrected chi connectivity index (χ2v) is 7.75. The molecule has 4 aromatic rings. The number of carbonyl (C=O) groups is 1. The van der Waals surface area contributed by atoms with Gasteiger partial charge in [-0.25, -0.2) is 4.98 Å². The fourth-order valence-electron chi connectivity index (χ4n) is 2.75. The van der Waals surface area contributed by atoms with Crippen LogP contribution in [0, 0.1) is 0 Å². The maximum atomic E-state index is 12.4. The molecule has 2 heterocycles. The number of hydrogen-bond acceptors (Lipinski definition) is 5. The van der Waals surface area contributed by atoms with Gasteiger partial charge in [-0.3, -0.25) is 9.78 Å². The molecule has 0 atom stereocenters. The number of amides is 1. The standard InChI is InChI=1S/C23H18ClN3O2S/c24-20-4-2-1-3-18(20)14-29-19-7-5-17(6-8-19)23-27-21(15-30-23)22(28)26-13-16-9-11-25-12-10-16/h1-12,15H,13-14H2,(H,26,28). The largest absolute Gasteiger partial charge is 0.489 e. The molecular formula is C23H18ClN3O2S. The Balaban J connectivity index is 1.36. The Kier molecular flexibility index (Phi) is 6.37. The van der Waals surface area contributed by atoms with Gasteiger partial charge in [0.2, 0.25) is 0 Å². The molecule has 0 fully saturated rings. The molecule has 7 heteroatoms. The average molecular weight is 436 g/mol. The molecule has 0 saturated carbocycles. The molecule has 2 aromatic heterocycles. The molecule has 1 amide bonds. The van der Waals surface area contributed by atoms with Crippen molar-refractivity contribution in [2.45, 2.75) is 13.2 Å². The SMILES string of the molecule is O=C(NCc1ccncc1)c1csc(-c2ccc(OCc3ccccc3Cl)cc2)n1. The number of ether oxygens (including phenoxy) is 1. The molecule has 30 heavy (non-hydrogen) atoms. The number of nitrogens with zero attached hydrogens (tertiary/aromatic N) is 2. The predicted octanol–water partition coefficient (Wildman–Crippen LogP) is 5.37. The number of aromatic nitrogens is 2. The Morgan fingerprint density at radius 1 is 1.03 bits per heavy atom. The lowest BCUT2D eigenvalue weighted by Gasteiger charge is -2.08. The fourth-order valence-corrected chi connectivity index (χ4v) is 3.75. The highest BCUT2D eigenvalue weighted by Crippen LogP contribution is 2.26. The van der Waals surface area contributed by atoms with Crippen LogP contribution in [0.5, 0.6) is 5.75 Å². The molecule has 0 aliphatic heterocycles. The van der Waals surface area contributed by atoms with E-state index in [1.54, 1.807) is 17.8 Å². The van der Waals surface area contributed by atoms with Crippen LogP contribution in [0.25, 0.3) is 10.6 Å². The van der Waals surface area contributed by atoms with Crippen molar-refractivity contribution in [3.05, 3.63) is 100 Å². The number of nitrogens with one attached hydrogen (secondary N) is 1. The van der Waals surface area contributed by atoms with Gasteiger partial charge in [0.15, 0.2) is 0 Å². The van der Waals surface area contributed by atoms with Crippen LogP contribution in [0.4, 0.5) is 0 Å². The fraction of sp³-hybridized carbons (Fsp3) is 0.0870.